The van der Waals surface area contributed by atoms with Crippen molar-refractivity contribution in [1.82, 2.24) is 0 Å². The molecule has 0 aromatic heterocycles. The van der Waals surface area contributed by atoms with Gasteiger partial charge in [0.25, 0.3) is 0 Å². The number of carbonyl (C=O) groups excluding carboxylic acids is 1. The quantitative estimate of drug-likeness (QED) is 0.593. The minimum atomic E-state index is -0.968. The molecule has 27 heavy (non-hydrogen) atoms. The second-order valence-corrected chi connectivity index (χ2v) is 7.15. The van der Waals surface area contributed by atoms with Crippen molar-refractivity contribution in [2.24, 2.45) is 11.3 Å². The van der Waals surface area contributed by atoms with Gasteiger partial charge in [0, 0.05) is 17.1 Å². The summed E-state index contributed by atoms with van der Waals surface area (Å²) in [4.78, 5) is 24.2. The predicted octanol–water partition coefficient (Wildman–Crippen LogP) is 4.41. The SMILES string of the molecule is COC1=C(C)C(C(=O)O)=C(C)C(C)(C)C1C=CC(=O)c1ccc(OC)cc1. The number of hydrogen-bond donors (Lipinski definition) is 1. The summed E-state index contributed by atoms with van der Waals surface area (Å²) in [5.41, 5.74) is 1.69. The highest BCUT2D eigenvalue weighted by atomic mass is 16.5. The molecule has 0 aliphatic heterocycles. The molecular formula is C22H26O5. The van der Waals surface area contributed by atoms with Crippen LogP contribution in [0.1, 0.15) is 38.1 Å². The van der Waals surface area contributed by atoms with Crippen LogP contribution < -0.4 is 4.74 Å². The van der Waals surface area contributed by atoms with Crippen molar-refractivity contribution >= 4 is 11.8 Å². The first-order chi connectivity index (χ1) is 12.6. The van der Waals surface area contributed by atoms with E-state index in [1.165, 1.54) is 13.2 Å². The monoisotopic (exact) mass is 370 g/mol. The Morgan fingerprint density at radius 1 is 1.07 bits per heavy atom. The van der Waals surface area contributed by atoms with E-state index in [1.54, 1.807) is 44.4 Å². The Kier molecular flexibility index (Phi) is 5.94. The number of carbonyl (C=O) groups is 2. The van der Waals surface area contributed by atoms with Crippen molar-refractivity contribution in [2.75, 3.05) is 14.2 Å². The van der Waals surface area contributed by atoms with Gasteiger partial charge in [-0.2, -0.15) is 0 Å². The fourth-order valence-corrected chi connectivity index (χ4v) is 3.48. The van der Waals surface area contributed by atoms with E-state index >= 15 is 0 Å². The summed E-state index contributed by atoms with van der Waals surface area (Å²) in [5, 5.41) is 9.59. The molecule has 5 nitrogen and oxygen atoms in total. The Balaban J connectivity index is 2.40. The van der Waals surface area contributed by atoms with E-state index in [2.05, 4.69) is 0 Å². The number of hydrogen-bond acceptors (Lipinski definition) is 4. The van der Waals surface area contributed by atoms with E-state index in [0.29, 0.717) is 22.6 Å². The fraction of sp³-hybridized carbons (Fsp3) is 0.364. The van der Waals surface area contributed by atoms with E-state index in [0.717, 1.165) is 5.57 Å². The number of carboxylic acids is 1. The van der Waals surface area contributed by atoms with Crippen molar-refractivity contribution in [3.8, 4) is 5.75 Å². The lowest BCUT2D eigenvalue weighted by atomic mass is 9.66. The molecule has 0 spiro atoms. The minimum absolute atomic E-state index is 0.132. The average molecular weight is 370 g/mol. The largest absolute Gasteiger partial charge is 0.500 e. The number of methoxy groups -OCH3 is 2. The Hall–Kier alpha value is -2.82. The minimum Gasteiger partial charge on any atom is -0.500 e. The topological polar surface area (TPSA) is 72.8 Å². The first-order valence-corrected chi connectivity index (χ1v) is 8.71. The Morgan fingerprint density at radius 3 is 2.15 bits per heavy atom. The fourth-order valence-electron chi connectivity index (χ4n) is 3.48. The van der Waals surface area contributed by atoms with Crippen LogP contribution in [0.3, 0.4) is 0 Å². The molecule has 2 rings (SSSR count). The van der Waals surface area contributed by atoms with Crippen molar-refractivity contribution in [2.45, 2.75) is 27.7 Å². The maximum absolute atomic E-state index is 12.5. The molecule has 0 heterocycles. The molecule has 1 aliphatic carbocycles. The highest BCUT2D eigenvalue weighted by Gasteiger charge is 2.41. The van der Waals surface area contributed by atoms with Crippen LogP contribution >= 0.6 is 0 Å². The van der Waals surface area contributed by atoms with Crippen molar-refractivity contribution in [3.63, 3.8) is 0 Å². The van der Waals surface area contributed by atoms with Crippen LogP contribution in [0.15, 0.2) is 58.9 Å². The smallest absolute Gasteiger partial charge is 0.336 e. The van der Waals surface area contributed by atoms with Gasteiger partial charge in [-0.3, -0.25) is 4.79 Å². The summed E-state index contributed by atoms with van der Waals surface area (Å²) in [6.07, 6.45) is 3.33. The highest BCUT2D eigenvalue weighted by molar-refractivity contribution is 6.04. The molecule has 1 aromatic rings. The second-order valence-electron chi connectivity index (χ2n) is 7.15. The molecule has 0 bridgehead atoms. The molecule has 1 aromatic carbocycles. The zero-order valence-corrected chi connectivity index (χ0v) is 16.6. The van der Waals surface area contributed by atoms with Crippen LogP contribution in [0.5, 0.6) is 5.75 Å². The van der Waals surface area contributed by atoms with Crippen molar-refractivity contribution < 1.29 is 24.2 Å². The third-order valence-corrected chi connectivity index (χ3v) is 5.39. The van der Waals surface area contributed by atoms with Crippen molar-refractivity contribution in [1.29, 1.82) is 0 Å². The third kappa shape index (κ3) is 3.82. The zero-order valence-electron chi connectivity index (χ0n) is 16.6. The standard InChI is InChI=1S/C22H26O5/c1-13-19(21(24)25)14(2)22(3,4)17(20(13)27-6)11-12-18(23)15-7-9-16(26-5)10-8-15/h7-12,17H,1-6H3,(H,24,25). The van der Waals surface area contributed by atoms with Gasteiger partial charge < -0.3 is 14.6 Å². The summed E-state index contributed by atoms with van der Waals surface area (Å²) < 4.78 is 10.7. The van der Waals surface area contributed by atoms with Crippen LogP contribution in [0.25, 0.3) is 0 Å². The van der Waals surface area contributed by atoms with Crippen molar-refractivity contribution in [3.05, 3.63) is 64.5 Å². The molecular weight excluding hydrogens is 344 g/mol. The van der Waals surface area contributed by atoms with Gasteiger partial charge in [-0.15, -0.1) is 0 Å². The first-order valence-electron chi connectivity index (χ1n) is 8.71. The molecule has 144 valence electrons. The number of ketones is 1. The maximum Gasteiger partial charge on any atom is 0.336 e. The van der Waals surface area contributed by atoms with Crippen LogP contribution in [0.4, 0.5) is 0 Å². The lowest BCUT2D eigenvalue weighted by molar-refractivity contribution is -0.132. The summed E-state index contributed by atoms with van der Waals surface area (Å²) in [7, 11) is 3.10. The third-order valence-electron chi connectivity index (χ3n) is 5.39. The molecule has 1 aliphatic rings. The van der Waals surface area contributed by atoms with Gasteiger partial charge >= 0.3 is 5.97 Å². The number of aliphatic carboxylic acids is 1. The van der Waals surface area contributed by atoms with Gasteiger partial charge in [0.15, 0.2) is 5.78 Å². The number of carboxylic acid groups (broad SMARTS) is 1. The summed E-state index contributed by atoms with van der Waals surface area (Å²) in [5.74, 6) is -0.0858. The van der Waals surface area contributed by atoms with Gasteiger partial charge in [0.1, 0.15) is 11.5 Å². The number of ether oxygens (including phenoxy) is 2. The second kappa shape index (κ2) is 7.82. The molecule has 0 radical (unpaired) electrons. The molecule has 1 atom stereocenters. The van der Waals surface area contributed by atoms with Gasteiger partial charge in [-0.25, -0.2) is 4.79 Å². The van der Waals surface area contributed by atoms with E-state index in [4.69, 9.17) is 9.47 Å². The molecule has 0 saturated carbocycles. The summed E-state index contributed by atoms with van der Waals surface area (Å²) in [6.45, 7) is 7.49. The van der Waals surface area contributed by atoms with Gasteiger partial charge in [-0.1, -0.05) is 25.5 Å². The lowest BCUT2D eigenvalue weighted by Crippen LogP contribution is -2.33. The van der Waals surface area contributed by atoms with E-state index < -0.39 is 11.4 Å². The highest BCUT2D eigenvalue weighted by Crippen LogP contribution is 2.48. The Bertz CT molecular complexity index is 838. The predicted molar refractivity (Wildman–Crippen MR) is 104 cm³/mol. The molecule has 0 fully saturated rings. The first kappa shape index (κ1) is 20.5. The Morgan fingerprint density at radius 2 is 1.67 bits per heavy atom. The normalized spacial score (nSPS) is 19.4. The number of allylic oxidation sites excluding steroid dienone is 3. The molecule has 1 unspecified atom stereocenters. The van der Waals surface area contributed by atoms with Crippen LogP contribution in [0.2, 0.25) is 0 Å². The number of rotatable bonds is 6. The van der Waals surface area contributed by atoms with E-state index in [1.807, 2.05) is 20.8 Å². The lowest BCUT2D eigenvalue weighted by Gasteiger charge is -2.40. The van der Waals surface area contributed by atoms with Gasteiger partial charge in [-0.05, 0) is 49.6 Å². The molecule has 0 amide bonds. The summed E-state index contributed by atoms with van der Waals surface area (Å²) >= 11 is 0. The van der Waals surface area contributed by atoms with Crippen LogP contribution in [0, 0.1) is 11.3 Å². The molecule has 0 saturated heterocycles. The van der Waals surface area contributed by atoms with Gasteiger partial charge in [0.2, 0.25) is 0 Å². The van der Waals surface area contributed by atoms with Crippen LogP contribution in [-0.2, 0) is 9.53 Å². The average Bonchev–Trinajstić information content (AvgIpc) is 2.63. The zero-order chi connectivity index (χ0) is 20.4. The molecule has 1 N–H and O–H groups in total. The number of benzene rings is 1. The maximum atomic E-state index is 12.5. The van der Waals surface area contributed by atoms with E-state index in [-0.39, 0.29) is 17.3 Å². The molecule has 5 heteroatoms. The Labute approximate surface area is 160 Å². The van der Waals surface area contributed by atoms with E-state index in [9.17, 15) is 14.7 Å². The van der Waals surface area contributed by atoms with Crippen LogP contribution in [-0.4, -0.2) is 31.1 Å². The summed E-state index contributed by atoms with van der Waals surface area (Å²) in [6, 6.07) is 6.90. The van der Waals surface area contributed by atoms with Gasteiger partial charge in [0.05, 0.1) is 19.8 Å².